The molecule has 1 saturated heterocycles. The molecule has 0 radical (unpaired) electrons. The highest BCUT2D eigenvalue weighted by atomic mass is 16.7. The van der Waals surface area contributed by atoms with E-state index in [0.717, 1.165) is 53.7 Å². The van der Waals surface area contributed by atoms with E-state index >= 15 is 0 Å². The summed E-state index contributed by atoms with van der Waals surface area (Å²) in [5.41, 5.74) is 6.75. The van der Waals surface area contributed by atoms with E-state index in [9.17, 15) is 10.2 Å². The molecule has 0 saturated carbocycles. The number of methoxy groups -OCH3 is 2. The zero-order valence-corrected chi connectivity index (χ0v) is 21.1. The minimum atomic E-state index is -0.126. The van der Waals surface area contributed by atoms with Gasteiger partial charge in [-0.25, -0.2) is 0 Å². The predicted octanol–water partition coefficient (Wildman–Crippen LogP) is 5.91. The normalized spacial score (nSPS) is 14.7. The van der Waals surface area contributed by atoms with Crippen LogP contribution in [-0.4, -0.2) is 48.4 Å². The maximum atomic E-state index is 10.1. The van der Waals surface area contributed by atoms with Crippen LogP contribution in [0.25, 0.3) is 22.2 Å². The van der Waals surface area contributed by atoms with Gasteiger partial charge in [0.2, 0.25) is 0 Å². The summed E-state index contributed by atoms with van der Waals surface area (Å²) in [5.74, 6) is 0.935. The molecular weight excluding hydrogens is 452 g/mol. The molecule has 0 amide bonds. The summed E-state index contributed by atoms with van der Waals surface area (Å²) in [6.45, 7) is 4.77. The van der Waals surface area contributed by atoms with Crippen LogP contribution in [0.1, 0.15) is 24.0 Å². The average Bonchev–Trinajstić information content (AvgIpc) is 3.16. The molecule has 1 fully saturated rings. The summed E-state index contributed by atoms with van der Waals surface area (Å²) in [6.07, 6.45) is 1.97. The summed E-state index contributed by atoms with van der Waals surface area (Å²) >= 11 is 0. The van der Waals surface area contributed by atoms with Gasteiger partial charge >= 0.3 is 0 Å². The number of fused-ring (bicyclic) bond motifs is 1. The SMILES string of the molecule is COC(OC)C1CCN(c2ccc(Cn3c(-c4ccc(O)cc4)c(C)c4cc(O)ccc43)cc2)CC1. The number of phenolic OH excluding ortho intramolecular Hbond substituents is 2. The number of ether oxygens (including phenoxy) is 2. The smallest absolute Gasteiger partial charge is 0.159 e. The second-order valence-electron chi connectivity index (χ2n) is 9.64. The van der Waals surface area contributed by atoms with Gasteiger partial charge in [0, 0.05) is 56.4 Å². The topological polar surface area (TPSA) is 67.1 Å². The van der Waals surface area contributed by atoms with Gasteiger partial charge < -0.3 is 29.2 Å². The molecule has 0 aliphatic carbocycles. The summed E-state index contributed by atoms with van der Waals surface area (Å²) in [5, 5.41) is 20.9. The molecule has 2 heterocycles. The number of phenols is 2. The summed E-state index contributed by atoms with van der Waals surface area (Å²) in [6, 6.07) is 21.7. The van der Waals surface area contributed by atoms with Crippen molar-refractivity contribution in [3.63, 3.8) is 0 Å². The summed E-state index contributed by atoms with van der Waals surface area (Å²) in [7, 11) is 3.43. The Balaban J connectivity index is 1.40. The van der Waals surface area contributed by atoms with E-state index in [4.69, 9.17) is 9.47 Å². The molecule has 6 nitrogen and oxygen atoms in total. The second kappa shape index (κ2) is 10.2. The van der Waals surface area contributed by atoms with Gasteiger partial charge in [-0.15, -0.1) is 0 Å². The molecular formula is C30H34N2O4. The van der Waals surface area contributed by atoms with Gasteiger partial charge in [-0.2, -0.15) is 0 Å². The molecule has 1 aromatic heterocycles. The van der Waals surface area contributed by atoms with E-state index in [-0.39, 0.29) is 17.8 Å². The predicted molar refractivity (Wildman–Crippen MR) is 144 cm³/mol. The van der Waals surface area contributed by atoms with Gasteiger partial charge in [-0.1, -0.05) is 12.1 Å². The Labute approximate surface area is 212 Å². The van der Waals surface area contributed by atoms with Gasteiger partial charge in [0.05, 0.1) is 5.69 Å². The fourth-order valence-electron chi connectivity index (χ4n) is 5.57. The third kappa shape index (κ3) is 4.66. The van der Waals surface area contributed by atoms with Crippen molar-refractivity contribution in [1.82, 2.24) is 4.57 Å². The molecule has 0 bridgehead atoms. The fourth-order valence-corrected chi connectivity index (χ4v) is 5.57. The van der Waals surface area contributed by atoms with Crippen molar-refractivity contribution in [3.05, 3.63) is 77.9 Å². The first-order valence-electron chi connectivity index (χ1n) is 12.5. The van der Waals surface area contributed by atoms with Gasteiger partial charge in [-0.05, 0) is 91.1 Å². The van der Waals surface area contributed by atoms with Crippen molar-refractivity contribution in [2.24, 2.45) is 5.92 Å². The molecule has 1 aliphatic heterocycles. The lowest BCUT2D eigenvalue weighted by Gasteiger charge is -2.36. The van der Waals surface area contributed by atoms with E-state index < -0.39 is 0 Å². The van der Waals surface area contributed by atoms with E-state index in [1.807, 2.05) is 24.3 Å². The largest absolute Gasteiger partial charge is 0.508 e. The standard InChI is InChI=1S/C30H34N2O4/c1-20-27-18-26(34)12-13-28(27)32(29(20)22-6-10-25(33)11-7-22)19-21-4-8-24(9-5-21)31-16-14-23(15-17-31)30(35-2)36-3/h4-13,18,23,30,33-34H,14-17,19H2,1-3H3. The van der Waals surface area contributed by atoms with Crippen LogP contribution in [0.2, 0.25) is 0 Å². The lowest BCUT2D eigenvalue weighted by atomic mass is 9.95. The number of piperidine rings is 1. The molecule has 36 heavy (non-hydrogen) atoms. The number of hydrogen-bond donors (Lipinski definition) is 2. The van der Waals surface area contributed by atoms with E-state index in [1.165, 1.54) is 11.3 Å². The molecule has 2 N–H and O–H groups in total. The van der Waals surface area contributed by atoms with Gasteiger partial charge in [0.25, 0.3) is 0 Å². The lowest BCUT2D eigenvalue weighted by molar-refractivity contribution is -0.141. The number of nitrogens with zero attached hydrogens (tertiary/aromatic N) is 2. The van der Waals surface area contributed by atoms with Crippen LogP contribution < -0.4 is 4.90 Å². The third-order valence-electron chi connectivity index (χ3n) is 7.47. The number of aromatic nitrogens is 1. The van der Waals surface area contributed by atoms with Gasteiger partial charge in [0.1, 0.15) is 11.5 Å². The van der Waals surface area contributed by atoms with Crippen molar-refractivity contribution >= 4 is 16.6 Å². The van der Waals surface area contributed by atoms with Crippen LogP contribution in [0.15, 0.2) is 66.7 Å². The molecule has 5 rings (SSSR count). The quantitative estimate of drug-likeness (QED) is 0.318. The van der Waals surface area contributed by atoms with E-state index in [0.29, 0.717) is 12.5 Å². The first-order valence-corrected chi connectivity index (χ1v) is 12.5. The maximum Gasteiger partial charge on any atom is 0.159 e. The number of hydrogen-bond acceptors (Lipinski definition) is 5. The molecule has 6 heteroatoms. The number of benzene rings is 3. The minimum absolute atomic E-state index is 0.126. The first kappa shape index (κ1) is 24.2. The Morgan fingerprint density at radius 3 is 2.14 bits per heavy atom. The Morgan fingerprint density at radius 1 is 0.861 bits per heavy atom. The Morgan fingerprint density at radius 2 is 1.50 bits per heavy atom. The Bertz CT molecular complexity index is 1320. The zero-order valence-electron chi connectivity index (χ0n) is 21.1. The van der Waals surface area contributed by atoms with Crippen molar-refractivity contribution in [3.8, 4) is 22.8 Å². The van der Waals surface area contributed by atoms with Gasteiger partial charge in [-0.3, -0.25) is 0 Å². The van der Waals surface area contributed by atoms with Crippen LogP contribution in [0.3, 0.4) is 0 Å². The fraction of sp³-hybridized carbons (Fsp3) is 0.333. The lowest BCUT2D eigenvalue weighted by Crippen LogP contribution is -2.39. The second-order valence-corrected chi connectivity index (χ2v) is 9.64. The number of anilines is 1. The van der Waals surface area contributed by atoms with Crippen LogP contribution in [0.5, 0.6) is 11.5 Å². The van der Waals surface area contributed by atoms with Crippen LogP contribution >= 0.6 is 0 Å². The minimum Gasteiger partial charge on any atom is -0.508 e. The van der Waals surface area contributed by atoms with Crippen LogP contribution in [0, 0.1) is 12.8 Å². The number of aryl methyl sites for hydroxylation is 1. The molecule has 0 atom stereocenters. The molecule has 4 aromatic rings. The highest BCUT2D eigenvalue weighted by molar-refractivity contribution is 5.92. The van der Waals surface area contributed by atoms with E-state index in [1.54, 1.807) is 32.4 Å². The van der Waals surface area contributed by atoms with Crippen molar-refractivity contribution in [1.29, 1.82) is 0 Å². The molecule has 188 valence electrons. The van der Waals surface area contributed by atoms with Crippen molar-refractivity contribution < 1.29 is 19.7 Å². The van der Waals surface area contributed by atoms with Gasteiger partial charge in [0.15, 0.2) is 6.29 Å². The first-order chi connectivity index (χ1) is 17.5. The highest BCUT2D eigenvalue weighted by Crippen LogP contribution is 2.36. The monoisotopic (exact) mass is 486 g/mol. The number of aromatic hydroxyl groups is 2. The molecule has 1 aliphatic rings. The van der Waals surface area contributed by atoms with E-state index in [2.05, 4.69) is 40.7 Å². The average molecular weight is 487 g/mol. The third-order valence-corrected chi connectivity index (χ3v) is 7.47. The zero-order chi connectivity index (χ0) is 25.2. The Kier molecular flexibility index (Phi) is 6.90. The molecule has 0 spiro atoms. The molecule has 0 unspecified atom stereocenters. The van der Waals surface area contributed by atoms with Crippen LogP contribution in [0.4, 0.5) is 5.69 Å². The van der Waals surface area contributed by atoms with Crippen molar-refractivity contribution in [2.45, 2.75) is 32.6 Å². The number of rotatable bonds is 7. The summed E-state index contributed by atoms with van der Waals surface area (Å²) < 4.78 is 13.2. The van der Waals surface area contributed by atoms with Crippen LogP contribution in [-0.2, 0) is 16.0 Å². The van der Waals surface area contributed by atoms with Crippen molar-refractivity contribution in [2.75, 3.05) is 32.2 Å². The maximum absolute atomic E-state index is 10.1. The highest BCUT2D eigenvalue weighted by Gasteiger charge is 2.26. The molecule has 3 aromatic carbocycles. The Hall–Kier alpha value is -3.48. The summed E-state index contributed by atoms with van der Waals surface area (Å²) in [4.78, 5) is 2.43.